The van der Waals surface area contributed by atoms with Crippen molar-refractivity contribution in [3.63, 3.8) is 0 Å². The summed E-state index contributed by atoms with van der Waals surface area (Å²) >= 11 is 9.32. The van der Waals surface area contributed by atoms with Gasteiger partial charge < -0.3 is 5.32 Å². The molecule has 2 aromatic rings. The second-order valence-electron chi connectivity index (χ2n) is 5.22. The molecule has 0 radical (unpaired) electrons. The normalized spacial score (nSPS) is 11.7. The van der Waals surface area contributed by atoms with E-state index in [2.05, 4.69) is 35.1 Å². The van der Waals surface area contributed by atoms with Crippen LogP contribution in [-0.4, -0.2) is 0 Å². The van der Waals surface area contributed by atoms with Gasteiger partial charge in [-0.25, -0.2) is 4.39 Å². The van der Waals surface area contributed by atoms with Gasteiger partial charge in [0.05, 0.1) is 0 Å². The fourth-order valence-electron chi connectivity index (χ4n) is 1.96. The van der Waals surface area contributed by atoms with Crippen molar-refractivity contribution in [3.05, 3.63) is 68.9 Å². The Kier molecular flexibility index (Phi) is 4.84. The molecule has 0 amide bonds. The first kappa shape index (κ1) is 15.5. The smallest absolute Gasteiger partial charge is 0.127 e. The number of hydrogen-bond acceptors (Lipinski definition) is 1. The lowest BCUT2D eigenvalue weighted by Gasteiger charge is -2.27. The lowest BCUT2D eigenvalue weighted by atomic mass is 9.94. The number of rotatable bonds is 4. The molecule has 1 N–H and O–H groups in total. The summed E-state index contributed by atoms with van der Waals surface area (Å²) in [6, 6.07) is 12.7. The quantitative estimate of drug-likeness (QED) is 0.787. The third kappa shape index (κ3) is 3.81. The van der Waals surface area contributed by atoms with E-state index in [1.807, 2.05) is 24.3 Å². The van der Waals surface area contributed by atoms with Gasteiger partial charge in [-0.3, -0.25) is 0 Å². The minimum absolute atomic E-state index is 0.242. The second kappa shape index (κ2) is 6.25. The summed E-state index contributed by atoms with van der Waals surface area (Å²) in [5, 5.41) is 3.91. The molecule has 0 aromatic heterocycles. The number of benzene rings is 2. The van der Waals surface area contributed by atoms with Gasteiger partial charge in [0.15, 0.2) is 0 Å². The van der Waals surface area contributed by atoms with Crippen molar-refractivity contribution < 1.29 is 4.39 Å². The molecule has 0 aliphatic carbocycles. The maximum absolute atomic E-state index is 13.7. The fourth-order valence-corrected chi connectivity index (χ4v) is 2.42. The van der Waals surface area contributed by atoms with Gasteiger partial charge in [0.2, 0.25) is 0 Å². The molecule has 2 rings (SSSR count). The zero-order valence-electron chi connectivity index (χ0n) is 11.4. The van der Waals surface area contributed by atoms with Crippen LogP contribution in [0.3, 0.4) is 0 Å². The molecule has 0 spiro atoms. The molecule has 0 bridgehead atoms. The fraction of sp³-hybridized carbons (Fsp3) is 0.250. The van der Waals surface area contributed by atoms with E-state index >= 15 is 0 Å². The molecule has 0 heterocycles. The van der Waals surface area contributed by atoms with Crippen molar-refractivity contribution in [1.82, 2.24) is 5.32 Å². The molecule has 0 atom stereocenters. The maximum atomic E-state index is 13.7. The van der Waals surface area contributed by atoms with Crippen LogP contribution in [-0.2, 0) is 12.1 Å². The van der Waals surface area contributed by atoms with Crippen molar-refractivity contribution in [3.8, 4) is 0 Å². The van der Waals surface area contributed by atoms with Gasteiger partial charge in [0.25, 0.3) is 0 Å². The van der Waals surface area contributed by atoms with Gasteiger partial charge in [-0.05, 0) is 49.7 Å². The van der Waals surface area contributed by atoms with Crippen molar-refractivity contribution in [2.24, 2.45) is 0 Å². The molecule has 2 aromatic carbocycles. The highest BCUT2D eigenvalue weighted by molar-refractivity contribution is 9.10. The standard InChI is InChI=1S/C16H16BrClFN/c1-16(2,12-3-5-13(17)6-4-12)20-10-11-9-14(18)7-8-15(11)19/h3-9,20H,10H2,1-2H3. The van der Waals surface area contributed by atoms with Crippen LogP contribution in [0.5, 0.6) is 0 Å². The average Bonchev–Trinajstić information content (AvgIpc) is 2.40. The molecule has 0 aliphatic heterocycles. The molecule has 20 heavy (non-hydrogen) atoms. The topological polar surface area (TPSA) is 12.0 Å². The molecule has 0 fully saturated rings. The monoisotopic (exact) mass is 355 g/mol. The summed E-state index contributed by atoms with van der Waals surface area (Å²) in [6.45, 7) is 4.56. The zero-order chi connectivity index (χ0) is 14.8. The Morgan fingerprint density at radius 2 is 1.80 bits per heavy atom. The summed E-state index contributed by atoms with van der Waals surface area (Å²) < 4.78 is 14.7. The highest BCUT2D eigenvalue weighted by Gasteiger charge is 2.20. The van der Waals surface area contributed by atoms with Crippen LogP contribution < -0.4 is 5.32 Å². The Morgan fingerprint density at radius 1 is 1.15 bits per heavy atom. The minimum atomic E-state index is -0.255. The summed E-state index contributed by atoms with van der Waals surface area (Å²) in [7, 11) is 0. The van der Waals surface area contributed by atoms with E-state index in [9.17, 15) is 4.39 Å². The maximum Gasteiger partial charge on any atom is 0.127 e. The summed E-state index contributed by atoms with van der Waals surface area (Å²) in [5.74, 6) is -0.242. The van der Waals surface area contributed by atoms with Gasteiger partial charge in [-0.2, -0.15) is 0 Å². The van der Waals surface area contributed by atoms with Gasteiger partial charge in [0, 0.05) is 27.1 Å². The van der Waals surface area contributed by atoms with E-state index in [4.69, 9.17) is 11.6 Å². The van der Waals surface area contributed by atoms with Gasteiger partial charge in [-0.1, -0.05) is 39.7 Å². The second-order valence-corrected chi connectivity index (χ2v) is 6.57. The molecule has 106 valence electrons. The Labute approximate surface area is 132 Å². The van der Waals surface area contributed by atoms with Gasteiger partial charge in [-0.15, -0.1) is 0 Å². The number of hydrogen-bond donors (Lipinski definition) is 1. The van der Waals surface area contributed by atoms with Crippen LogP contribution in [0.4, 0.5) is 4.39 Å². The first-order chi connectivity index (χ1) is 9.38. The third-order valence-corrected chi connectivity index (χ3v) is 4.06. The minimum Gasteiger partial charge on any atom is -0.304 e. The first-order valence-corrected chi connectivity index (χ1v) is 7.50. The van der Waals surface area contributed by atoms with Crippen LogP contribution in [0.1, 0.15) is 25.0 Å². The number of halogens is 3. The van der Waals surface area contributed by atoms with Gasteiger partial charge >= 0.3 is 0 Å². The molecule has 1 nitrogen and oxygen atoms in total. The van der Waals surface area contributed by atoms with Crippen LogP contribution in [0.15, 0.2) is 46.9 Å². The Bertz CT molecular complexity index is 596. The van der Waals surface area contributed by atoms with E-state index in [1.54, 1.807) is 12.1 Å². The molecule has 0 aliphatic rings. The first-order valence-electron chi connectivity index (χ1n) is 6.33. The Balaban J connectivity index is 2.12. The van der Waals surface area contributed by atoms with E-state index in [0.29, 0.717) is 17.1 Å². The summed E-state index contributed by atoms with van der Waals surface area (Å²) in [6.07, 6.45) is 0. The van der Waals surface area contributed by atoms with Crippen LogP contribution in [0.25, 0.3) is 0 Å². The predicted octanol–water partition coefficient (Wildman–Crippen LogP) is 5.27. The van der Waals surface area contributed by atoms with Crippen molar-refractivity contribution in [1.29, 1.82) is 0 Å². The average molecular weight is 357 g/mol. The van der Waals surface area contributed by atoms with Crippen molar-refractivity contribution in [2.75, 3.05) is 0 Å². The van der Waals surface area contributed by atoms with Crippen molar-refractivity contribution >= 4 is 27.5 Å². The molecular weight excluding hydrogens is 341 g/mol. The van der Waals surface area contributed by atoms with Gasteiger partial charge in [0.1, 0.15) is 5.82 Å². The lowest BCUT2D eigenvalue weighted by molar-refractivity contribution is 0.396. The van der Waals surface area contributed by atoms with Crippen molar-refractivity contribution in [2.45, 2.75) is 25.9 Å². The largest absolute Gasteiger partial charge is 0.304 e. The number of nitrogens with one attached hydrogen (secondary N) is 1. The van der Waals surface area contributed by atoms with E-state index in [0.717, 1.165) is 10.0 Å². The molecule has 4 heteroatoms. The van der Waals surface area contributed by atoms with Crippen LogP contribution in [0.2, 0.25) is 5.02 Å². The summed E-state index contributed by atoms with van der Waals surface area (Å²) in [4.78, 5) is 0. The van der Waals surface area contributed by atoms with E-state index in [1.165, 1.54) is 6.07 Å². The lowest BCUT2D eigenvalue weighted by Crippen LogP contribution is -2.36. The van der Waals surface area contributed by atoms with E-state index in [-0.39, 0.29) is 11.4 Å². The van der Waals surface area contributed by atoms with Crippen LogP contribution in [0, 0.1) is 5.82 Å². The highest BCUT2D eigenvalue weighted by atomic mass is 79.9. The van der Waals surface area contributed by atoms with Crippen LogP contribution >= 0.6 is 27.5 Å². The molecule has 0 saturated carbocycles. The molecule has 0 saturated heterocycles. The Hall–Kier alpha value is -0.900. The molecular formula is C16H16BrClFN. The Morgan fingerprint density at radius 3 is 2.45 bits per heavy atom. The molecule has 0 unspecified atom stereocenters. The highest BCUT2D eigenvalue weighted by Crippen LogP contribution is 2.23. The summed E-state index contributed by atoms with van der Waals surface area (Å²) in [5.41, 5.74) is 1.46. The zero-order valence-corrected chi connectivity index (χ0v) is 13.7. The SMILES string of the molecule is CC(C)(NCc1cc(Cl)ccc1F)c1ccc(Br)cc1. The predicted molar refractivity (Wildman–Crippen MR) is 85.4 cm³/mol. The third-order valence-electron chi connectivity index (χ3n) is 3.29. The van der Waals surface area contributed by atoms with E-state index < -0.39 is 0 Å².